The van der Waals surface area contributed by atoms with Gasteiger partial charge in [-0.25, -0.2) is 19.9 Å². The lowest BCUT2D eigenvalue weighted by Gasteiger charge is -2.09. The SMILES string of the molecule is Cc1ccc(S(=O)(=O)OCCOc2ccc(COc3cnc4oc(-c5cc(C)ncn5)nc4c3)nc2)cc1. The number of pyridine rings is 2. The third kappa shape index (κ3) is 6.10. The summed E-state index contributed by atoms with van der Waals surface area (Å²) in [4.78, 5) is 21.4. The van der Waals surface area contributed by atoms with Crippen LogP contribution in [0.5, 0.6) is 11.5 Å². The third-order valence-corrected chi connectivity index (χ3v) is 6.66. The summed E-state index contributed by atoms with van der Waals surface area (Å²) in [6.07, 6.45) is 4.53. The number of rotatable bonds is 10. The summed E-state index contributed by atoms with van der Waals surface area (Å²) in [5, 5.41) is 0. The van der Waals surface area contributed by atoms with Crippen LogP contribution in [-0.2, 0) is 20.9 Å². The standard InChI is InChI=1S/C26H23N5O6S/c1-17-3-7-22(8-4-17)38(32,33)36-10-9-34-20-6-5-19(27-13-20)15-35-21-12-24-25(28-14-21)37-26(31-24)23-11-18(2)29-16-30-23/h3-8,11-14,16H,9-10,15H2,1-2H3. The monoisotopic (exact) mass is 533 g/mol. The van der Waals surface area contributed by atoms with Gasteiger partial charge in [0.05, 0.1) is 23.0 Å². The molecular formula is C26H23N5O6S. The van der Waals surface area contributed by atoms with Crippen LogP contribution in [0.15, 0.2) is 76.6 Å². The van der Waals surface area contributed by atoms with Crippen molar-refractivity contribution in [3.8, 4) is 23.1 Å². The second kappa shape index (κ2) is 10.9. The molecule has 0 amide bonds. The summed E-state index contributed by atoms with van der Waals surface area (Å²) in [6, 6.07) is 13.4. The maximum Gasteiger partial charge on any atom is 0.297 e. The largest absolute Gasteiger partial charge is 0.490 e. The fourth-order valence-corrected chi connectivity index (χ4v) is 4.27. The first-order valence-corrected chi connectivity index (χ1v) is 13.0. The molecule has 5 aromatic rings. The van der Waals surface area contributed by atoms with E-state index in [1.807, 2.05) is 13.8 Å². The molecule has 0 aliphatic carbocycles. The number of aromatic nitrogens is 5. The Labute approximate surface area is 218 Å². The van der Waals surface area contributed by atoms with Crippen molar-refractivity contribution in [1.29, 1.82) is 0 Å². The number of hydrogen-bond donors (Lipinski definition) is 0. The fraction of sp³-hybridized carbons (Fsp3) is 0.192. The molecule has 0 radical (unpaired) electrons. The summed E-state index contributed by atoms with van der Waals surface area (Å²) in [7, 11) is -3.83. The van der Waals surface area contributed by atoms with Gasteiger partial charge in [0.1, 0.15) is 48.9 Å². The fourth-order valence-electron chi connectivity index (χ4n) is 3.38. The summed E-state index contributed by atoms with van der Waals surface area (Å²) in [6.45, 7) is 3.85. The van der Waals surface area contributed by atoms with Crippen LogP contribution in [-0.4, -0.2) is 46.6 Å². The van der Waals surface area contributed by atoms with Crippen LogP contribution < -0.4 is 9.47 Å². The molecule has 0 spiro atoms. The highest BCUT2D eigenvalue weighted by Crippen LogP contribution is 2.24. The Morgan fingerprint density at radius 1 is 0.842 bits per heavy atom. The van der Waals surface area contributed by atoms with Crippen LogP contribution in [0, 0.1) is 13.8 Å². The molecule has 1 aromatic carbocycles. The van der Waals surface area contributed by atoms with Crippen molar-refractivity contribution in [3.63, 3.8) is 0 Å². The minimum atomic E-state index is -3.83. The lowest BCUT2D eigenvalue weighted by atomic mass is 10.2. The van der Waals surface area contributed by atoms with Gasteiger partial charge >= 0.3 is 0 Å². The minimum Gasteiger partial charge on any atom is -0.490 e. The quantitative estimate of drug-likeness (QED) is 0.190. The molecular weight excluding hydrogens is 510 g/mol. The van der Waals surface area contributed by atoms with Crippen molar-refractivity contribution in [2.45, 2.75) is 25.3 Å². The van der Waals surface area contributed by atoms with Gasteiger partial charge in [-0.05, 0) is 44.2 Å². The van der Waals surface area contributed by atoms with Gasteiger partial charge < -0.3 is 13.9 Å². The summed E-state index contributed by atoms with van der Waals surface area (Å²) in [5.74, 6) is 1.33. The molecule has 0 fully saturated rings. The van der Waals surface area contributed by atoms with Crippen LogP contribution in [0.1, 0.15) is 17.0 Å². The zero-order chi connectivity index (χ0) is 26.5. The molecule has 11 nitrogen and oxygen atoms in total. The van der Waals surface area contributed by atoms with Crippen molar-refractivity contribution < 1.29 is 26.5 Å². The van der Waals surface area contributed by atoms with Crippen LogP contribution >= 0.6 is 0 Å². The Kier molecular flexibility index (Phi) is 7.24. The molecule has 0 aliphatic rings. The lowest BCUT2D eigenvalue weighted by Crippen LogP contribution is -2.13. The number of fused-ring (bicyclic) bond motifs is 1. The van der Waals surface area contributed by atoms with E-state index < -0.39 is 10.1 Å². The average molecular weight is 534 g/mol. The first kappa shape index (κ1) is 25.2. The molecule has 12 heteroatoms. The summed E-state index contributed by atoms with van der Waals surface area (Å²) < 4.78 is 46.5. The maximum absolute atomic E-state index is 12.2. The number of oxazole rings is 1. The van der Waals surface area contributed by atoms with Crippen molar-refractivity contribution in [2.75, 3.05) is 13.2 Å². The molecule has 0 unspecified atom stereocenters. The molecule has 0 N–H and O–H groups in total. The third-order valence-electron chi connectivity index (χ3n) is 5.33. The van der Waals surface area contributed by atoms with E-state index in [0.717, 1.165) is 11.3 Å². The zero-order valence-electron chi connectivity index (χ0n) is 20.6. The minimum absolute atomic E-state index is 0.0442. The van der Waals surface area contributed by atoms with Crippen molar-refractivity contribution in [2.24, 2.45) is 0 Å². The first-order chi connectivity index (χ1) is 18.4. The molecule has 4 aromatic heterocycles. The Morgan fingerprint density at radius 2 is 1.66 bits per heavy atom. The Hall–Kier alpha value is -4.42. The van der Waals surface area contributed by atoms with E-state index in [2.05, 4.69) is 24.9 Å². The van der Waals surface area contributed by atoms with Gasteiger partial charge in [0, 0.05) is 11.8 Å². The van der Waals surface area contributed by atoms with E-state index in [1.165, 1.54) is 24.7 Å². The Morgan fingerprint density at radius 3 is 2.42 bits per heavy atom. The van der Waals surface area contributed by atoms with Gasteiger partial charge in [0.25, 0.3) is 10.1 Å². The van der Waals surface area contributed by atoms with Crippen molar-refractivity contribution >= 4 is 21.3 Å². The summed E-state index contributed by atoms with van der Waals surface area (Å²) in [5.41, 5.74) is 3.91. The van der Waals surface area contributed by atoms with Gasteiger partial charge in [0.2, 0.25) is 11.6 Å². The normalized spacial score (nSPS) is 11.5. The van der Waals surface area contributed by atoms with Gasteiger partial charge in [-0.3, -0.25) is 9.17 Å². The van der Waals surface area contributed by atoms with E-state index in [9.17, 15) is 8.42 Å². The molecule has 0 atom stereocenters. The number of hydrogen-bond acceptors (Lipinski definition) is 11. The highest BCUT2D eigenvalue weighted by atomic mass is 32.2. The predicted molar refractivity (Wildman–Crippen MR) is 136 cm³/mol. The molecule has 5 rings (SSSR count). The molecule has 0 aliphatic heterocycles. The predicted octanol–water partition coefficient (Wildman–Crippen LogP) is 4.05. The molecule has 4 heterocycles. The maximum atomic E-state index is 12.2. The van der Waals surface area contributed by atoms with Crippen LogP contribution in [0.25, 0.3) is 22.8 Å². The van der Waals surface area contributed by atoms with Crippen molar-refractivity contribution in [1.82, 2.24) is 24.9 Å². The van der Waals surface area contributed by atoms with E-state index >= 15 is 0 Å². The highest BCUT2D eigenvalue weighted by Gasteiger charge is 2.15. The van der Waals surface area contributed by atoms with Gasteiger partial charge in [-0.15, -0.1) is 0 Å². The van der Waals surface area contributed by atoms with Crippen LogP contribution in [0.2, 0.25) is 0 Å². The molecule has 194 valence electrons. The highest BCUT2D eigenvalue weighted by molar-refractivity contribution is 7.86. The molecule has 0 bridgehead atoms. The number of ether oxygens (including phenoxy) is 2. The average Bonchev–Trinajstić information content (AvgIpc) is 3.35. The number of nitrogens with zero attached hydrogens (tertiary/aromatic N) is 5. The summed E-state index contributed by atoms with van der Waals surface area (Å²) >= 11 is 0. The lowest BCUT2D eigenvalue weighted by molar-refractivity contribution is 0.220. The van der Waals surface area contributed by atoms with Gasteiger partial charge in [-0.1, -0.05) is 17.7 Å². The van der Waals surface area contributed by atoms with E-state index in [0.29, 0.717) is 40.0 Å². The smallest absolute Gasteiger partial charge is 0.297 e. The van der Waals surface area contributed by atoms with E-state index in [-0.39, 0.29) is 24.7 Å². The topological polar surface area (TPSA) is 139 Å². The van der Waals surface area contributed by atoms with E-state index in [1.54, 1.807) is 42.6 Å². The van der Waals surface area contributed by atoms with Crippen molar-refractivity contribution in [3.05, 3.63) is 84.2 Å². The number of benzene rings is 1. The molecule has 0 saturated heterocycles. The Balaban J connectivity index is 1.12. The van der Waals surface area contributed by atoms with Crippen LogP contribution in [0.4, 0.5) is 0 Å². The Bertz CT molecular complexity index is 1650. The van der Waals surface area contributed by atoms with E-state index in [4.69, 9.17) is 18.1 Å². The van der Waals surface area contributed by atoms with Crippen LogP contribution in [0.3, 0.4) is 0 Å². The molecule has 38 heavy (non-hydrogen) atoms. The second-order valence-electron chi connectivity index (χ2n) is 8.27. The zero-order valence-corrected chi connectivity index (χ0v) is 21.4. The second-order valence-corrected chi connectivity index (χ2v) is 9.89. The van der Waals surface area contributed by atoms with Gasteiger partial charge in [-0.2, -0.15) is 8.42 Å². The molecule has 0 saturated carbocycles. The first-order valence-electron chi connectivity index (χ1n) is 11.6. The number of aryl methyl sites for hydroxylation is 2. The van der Waals surface area contributed by atoms with Gasteiger partial charge in [0.15, 0.2) is 0 Å².